The van der Waals surface area contributed by atoms with Crippen molar-refractivity contribution in [2.75, 3.05) is 0 Å². The van der Waals surface area contributed by atoms with Gasteiger partial charge in [0.1, 0.15) is 0 Å². The SMILES string of the molecule is CCc1c(-c2ccc(-c3ccccc3)cc2)c(C(N)=O)c(C)n1Cc1ccccc1. The van der Waals surface area contributed by atoms with Gasteiger partial charge in [0.15, 0.2) is 0 Å². The van der Waals surface area contributed by atoms with Crippen molar-refractivity contribution >= 4 is 5.91 Å². The van der Waals surface area contributed by atoms with E-state index in [0.29, 0.717) is 5.56 Å². The molecule has 150 valence electrons. The number of nitrogens with zero attached hydrogens (tertiary/aromatic N) is 1. The minimum absolute atomic E-state index is 0.379. The Morgan fingerprint density at radius 2 is 1.33 bits per heavy atom. The molecule has 3 nitrogen and oxygen atoms in total. The van der Waals surface area contributed by atoms with Gasteiger partial charge in [0.2, 0.25) is 0 Å². The molecule has 0 bridgehead atoms. The third-order valence-corrected chi connectivity index (χ3v) is 5.68. The van der Waals surface area contributed by atoms with Gasteiger partial charge >= 0.3 is 0 Å². The highest BCUT2D eigenvalue weighted by molar-refractivity contribution is 6.02. The molecule has 30 heavy (non-hydrogen) atoms. The molecule has 0 aliphatic heterocycles. The van der Waals surface area contributed by atoms with E-state index in [1.54, 1.807) is 0 Å². The van der Waals surface area contributed by atoms with Crippen LogP contribution >= 0.6 is 0 Å². The van der Waals surface area contributed by atoms with Gasteiger partial charge in [-0.3, -0.25) is 4.79 Å². The molecule has 3 aromatic carbocycles. The zero-order valence-electron chi connectivity index (χ0n) is 17.4. The number of rotatable bonds is 6. The van der Waals surface area contributed by atoms with Crippen LogP contribution in [0.15, 0.2) is 84.9 Å². The lowest BCUT2D eigenvalue weighted by Gasteiger charge is -2.12. The molecule has 1 heterocycles. The Labute approximate surface area is 177 Å². The fraction of sp³-hybridized carbons (Fsp3) is 0.148. The minimum atomic E-state index is -0.379. The first-order valence-electron chi connectivity index (χ1n) is 10.3. The van der Waals surface area contributed by atoms with Crippen LogP contribution in [0.3, 0.4) is 0 Å². The highest BCUT2D eigenvalue weighted by Gasteiger charge is 2.24. The normalized spacial score (nSPS) is 10.9. The Balaban J connectivity index is 1.82. The topological polar surface area (TPSA) is 48.0 Å². The van der Waals surface area contributed by atoms with E-state index in [9.17, 15) is 4.79 Å². The maximum Gasteiger partial charge on any atom is 0.251 e. The Kier molecular flexibility index (Phi) is 5.53. The number of amides is 1. The molecule has 0 radical (unpaired) electrons. The van der Waals surface area contributed by atoms with Gasteiger partial charge in [-0.2, -0.15) is 0 Å². The Hall–Kier alpha value is -3.59. The standard InChI is InChI=1S/C27H26N2O/c1-3-24-26(23-16-14-22(15-17-23)21-12-8-5-9-13-21)25(27(28)30)19(2)29(24)18-20-10-6-4-7-11-20/h4-17H,3,18H2,1-2H3,(H2,28,30). The van der Waals surface area contributed by atoms with Crippen LogP contribution in [0.25, 0.3) is 22.3 Å². The van der Waals surface area contributed by atoms with Crippen molar-refractivity contribution in [1.29, 1.82) is 0 Å². The van der Waals surface area contributed by atoms with Crippen LogP contribution in [0.4, 0.5) is 0 Å². The van der Waals surface area contributed by atoms with Gasteiger partial charge in [-0.25, -0.2) is 0 Å². The van der Waals surface area contributed by atoms with Gasteiger partial charge in [0, 0.05) is 23.5 Å². The van der Waals surface area contributed by atoms with Gasteiger partial charge in [-0.15, -0.1) is 0 Å². The van der Waals surface area contributed by atoms with E-state index in [0.717, 1.165) is 41.0 Å². The molecule has 0 aliphatic rings. The Morgan fingerprint density at radius 1 is 0.800 bits per heavy atom. The van der Waals surface area contributed by atoms with Crippen LogP contribution in [-0.4, -0.2) is 10.5 Å². The molecule has 4 aromatic rings. The summed E-state index contributed by atoms with van der Waals surface area (Å²) in [7, 11) is 0. The smallest absolute Gasteiger partial charge is 0.251 e. The Bertz CT molecular complexity index is 1160. The van der Waals surface area contributed by atoms with Gasteiger partial charge in [-0.05, 0) is 35.6 Å². The summed E-state index contributed by atoms with van der Waals surface area (Å²) in [5, 5.41) is 0. The quantitative estimate of drug-likeness (QED) is 0.439. The lowest BCUT2D eigenvalue weighted by Crippen LogP contribution is -2.13. The van der Waals surface area contributed by atoms with Crippen molar-refractivity contribution in [2.24, 2.45) is 5.73 Å². The van der Waals surface area contributed by atoms with Gasteiger partial charge in [0.05, 0.1) is 5.56 Å². The highest BCUT2D eigenvalue weighted by Crippen LogP contribution is 2.35. The highest BCUT2D eigenvalue weighted by atomic mass is 16.1. The van der Waals surface area contributed by atoms with Crippen LogP contribution in [0, 0.1) is 6.92 Å². The second-order valence-corrected chi connectivity index (χ2v) is 7.52. The molecule has 0 atom stereocenters. The fourth-order valence-electron chi connectivity index (χ4n) is 4.22. The number of nitrogens with two attached hydrogens (primary N) is 1. The van der Waals surface area contributed by atoms with Crippen molar-refractivity contribution < 1.29 is 4.79 Å². The van der Waals surface area contributed by atoms with Crippen molar-refractivity contribution in [1.82, 2.24) is 4.57 Å². The van der Waals surface area contributed by atoms with E-state index in [2.05, 4.69) is 60.0 Å². The number of benzene rings is 3. The third-order valence-electron chi connectivity index (χ3n) is 5.68. The van der Waals surface area contributed by atoms with Crippen LogP contribution in [0.1, 0.15) is 34.2 Å². The third kappa shape index (κ3) is 3.67. The number of aromatic nitrogens is 1. The number of hydrogen-bond acceptors (Lipinski definition) is 1. The summed E-state index contributed by atoms with van der Waals surface area (Å²) in [5.41, 5.74) is 14.0. The lowest BCUT2D eigenvalue weighted by molar-refractivity contribution is 0.1000. The summed E-state index contributed by atoms with van der Waals surface area (Å²) < 4.78 is 2.23. The van der Waals surface area contributed by atoms with Crippen LogP contribution in [0.5, 0.6) is 0 Å². The lowest BCUT2D eigenvalue weighted by atomic mass is 9.96. The molecule has 0 saturated heterocycles. The predicted octanol–water partition coefficient (Wildman–Crippen LogP) is 5.84. The number of primary amides is 1. The summed E-state index contributed by atoms with van der Waals surface area (Å²) in [4.78, 5) is 12.4. The first-order valence-corrected chi connectivity index (χ1v) is 10.3. The van der Waals surface area contributed by atoms with Crippen molar-refractivity contribution in [3.63, 3.8) is 0 Å². The van der Waals surface area contributed by atoms with Crippen LogP contribution in [-0.2, 0) is 13.0 Å². The zero-order chi connectivity index (χ0) is 21.1. The van der Waals surface area contributed by atoms with Crippen molar-refractivity contribution in [3.8, 4) is 22.3 Å². The first kappa shape index (κ1) is 19.7. The largest absolute Gasteiger partial charge is 0.366 e. The van der Waals surface area contributed by atoms with Crippen molar-refractivity contribution in [3.05, 3.63) is 107 Å². The van der Waals surface area contributed by atoms with E-state index in [4.69, 9.17) is 5.73 Å². The minimum Gasteiger partial charge on any atom is -0.366 e. The molecule has 4 rings (SSSR count). The monoisotopic (exact) mass is 394 g/mol. The van der Waals surface area contributed by atoms with Gasteiger partial charge < -0.3 is 10.3 Å². The second-order valence-electron chi connectivity index (χ2n) is 7.52. The van der Waals surface area contributed by atoms with Crippen LogP contribution in [0.2, 0.25) is 0 Å². The number of carbonyl (C=O) groups is 1. The van der Waals surface area contributed by atoms with Crippen molar-refractivity contribution in [2.45, 2.75) is 26.8 Å². The zero-order valence-corrected chi connectivity index (χ0v) is 17.4. The summed E-state index contributed by atoms with van der Waals surface area (Å²) in [6.07, 6.45) is 0.816. The van der Waals surface area contributed by atoms with E-state index in [1.807, 2.05) is 43.3 Å². The first-order chi connectivity index (χ1) is 14.6. The molecule has 0 unspecified atom stereocenters. The molecule has 1 amide bonds. The number of carbonyl (C=O) groups excluding carboxylic acids is 1. The molecular weight excluding hydrogens is 368 g/mol. The Morgan fingerprint density at radius 3 is 1.90 bits per heavy atom. The molecule has 0 saturated carbocycles. The fourth-order valence-corrected chi connectivity index (χ4v) is 4.22. The van der Waals surface area contributed by atoms with E-state index < -0.39 is 0 Å². The van der Waals surface area contributed by atoms with E-state index in [-0.39, 0.29) is 5.91 Å². The summed E-state index contributed by atoms with van der Waals surface area (Å²) >= 11 is 0. The van der Waals surface area contributed by atoms with Crippen LogP contribution < -0.4 is 5.73 Å². The maximum absolute atomic E-state index is 12.4. The average Bonchev–Trinajstić information content (AvgIpc) is 3.06. The molecule has 2 N–H and O–H groups in total. The molecule has 0 aliphatic carbocycles. The summed E-state index contributed by atoms with van der Waals surface area (Å²) in [6, 6.07) is 29.0. The number of hydrogen-bond donors (Lipinski definition) is 1. The van der Waals surface area contributed by atoms with Gasteiger partial charge in [-0.1, -0.05) is 91.9 Å². The predicted molar refractivity (Wildman–Crippen MR) is 123 cm³/mol. The molecule has 3 heteroatoms. The maximum atomic E-state index is 12.4. The average molecular weight is 395 g/mol. The van der Waals surface area contributed by atoms with E-state index >= 15 is 0 Å². The molecular formula is C27H26N2O. The summed E-state index contributed by atoms with van der Waals surface area (Å²) in [5.74, 6) is -0.379. The molecule has 0 fully saturated rings. The van der Waals surface area contributed by atoms with Gasteiger partial charge in [0.25, 0.3) is 5.91 Å². The molecule has 1 aromatic heterocycles. The van der Waals surface area contributed by atoms with E-state index in [1.165, 1.54) is 11.1 Å². The second kappa shape index (κ2) is 8.42. The summed E-state index contributed by atoms with van der Waals surface area (Å²) in [6.45, 7) is 4.84. The molecule has 0 spiro atoms.